The van der Waals surface area contributed by atoms with Gasteiger partial charge < -0.3 is 9.13 Å². The van der Waals surface area contributed by atoms with Crippen LogP contribution in [0.5, 0.6) is 0 Å². The molecule has 2 unspecified atom stereocenters. The van der Waals surface area contributed by atoms with Crippen LogP contribution in [0.1, 0.15) is 35.6 Å². The van der Waals surface area contributed by atoms with Crippen molar-refractivity contribution in [2.75, 3.05) is 0 Å². The molecule has 0 fully saturated rings. The summed E-state index contributed by atoms with van der Waals surface area (Å²) in [4.78, 5) is 0. The molecule has 14 rings (SSSR count). The van der Waals surface area contributed by atoms with Gasteiger partial charge in [-0.1, -0.05) is 159 Å². The molecule has 2 atom stereocenters. The van der Waals surface area contributed by atoms with Crippen molar-refractivity contribution in [2.45, 2.75) is 18.8 Å². The molecule has 2 aromatic heterocycles. The summed E-state index contributed by atoms with van der Waals surface area (Å²) in [5.41, 5.74) is 23.0. The Morgan fingerprint density at radius 2 is 0.891 bits per heavy atom. The first-order valence-corrected chi connectivity index (χ1v) is 22.7. The Morgan fingerprint density at radius 1 is 0.391 bits per heavy atom. The van der Waals surface area contributed by atoms with Gasteiger partial charge in [0.05, 0.1) is 27.5 Å². The lowest BCUT2D eigenvalue weighted by molar-refractivity contribution is 0.591. The van der Waals surface area contributed by atoms with Crippen molar-refractivity contribution in [1.82, 2.24) is 9.13 Å². The molecular formula is C62H42N2. The van der Waals surface area contributed by atoms with Gasteiger partial charge in [0.25, 0.3) is 0 Å². The normalized spacial score (nSPS) is 17.2. The maximum atomic E-state index is 2.57. The number of benzene rings is 9. The first kappa shape index (κ1) is 35.6. The van der Waals surface area contributed by atoms with Crippen molar-refractivity contribution in [3.05, 3.63) is 246 Å². The number of hydrogen-bond donors (Lipinski definition) is 0. The number of rotatable bonds is 4. The van der Waals surface area contributed by atoms with Gasteiger partial charge in [-0.25, -0.2) is 0 Å². The van der Waals surface area contributed by atoms with Gasteiger partial charge in [0.2, 0.25) is 0 Å². The lowest BCUT2D eigenvalue weighted by atomic mass is 9.65. The van der Waals surface area contributed by atoms with E-state index in [4.69, 9.17) is 0 Å². The average molecular weight is 815 g/mol. The number of aromatic nitrogens is 2. The summed E-state index contributed by atoms with van der Waals surface area (Å²) in [6, 6.07) is 77.1. The highest BCUT2D eigenvalue weighted by Crippen LogP contribution is 2.65. The molecule has 1 spiro atoms. The first-order chi connectivity index (χ1) is 31.7. The Morgan fingerprint density at radius 3 is 1.56 bits per heavy atom. The van der Waals surface area contributed by atoms with Crippen molar-refractivity contribution in [2.24, 2.45) is 5.92 Å². The van der Waals surface area contributed by atoms with E-state index in [2.05, 4.69) is 234 Å². The zero-order valence-electron chi connectivity index (χ0n) is 35.5. The van der Waals surface area contributed by atoms with Crippen LogP contribution in [0.15, 0.2) is 224 Å². The summed E-state index contributed by atoms with van der Waals surface area (Å²) in [6.07, 6.45) is 5.84. The fourth-order valence-corrected chi connectivity index (χ4v) is 12.1. The van der Waals surface area contributed by atoms with Gasteiger partial charge in [-0.2, -0.15) is 0 Å². The smallest absolute Gasteiger partial charge is 0.0691 e. The molecule has 2 heterocycles. The van der Waals surface area contributed by atoms with E-state index in [1.807, 2.05) is 0 Å². The molecule has 0 saturated heterocycles. The van der Waals surface area contributed by atoms with E-state index in [0.29, 0.717) is 5.92 Å². The molecule has 0 bridgehead atoms. The molecule has 0 amide bonds. The molecule has 2 heteroatoms. The van der Waals surface area contributed by atoms with Crippen LogP contribution in [0.3, 0.4) is 0 Å². The SMILES string of the molecule is CC1CC=CC2=C1C1(c3ccccc32)c2ccccc2-c2cc3c4cc(-c5ccc(-c6ccc7c(c6)c6ccccc6n7-c6ccccc6)cc5)ccc4n(-c4ccccc4)c3cc21. The summed E-state index contributed by atoms with van der Waals surface area (Å²) in [7, 11) is 0. The van der Waals surface area contributed by atoms with Crippen molar-refractivity contribution in [1.29, 1.82) is 0 Å². The van der Waals surface area contributed by atoms with E-state index in [-0.39, 0.29) is 5.41 Å². The number of para-hydroxylation sites is 3. The van der Waals surface area contributed by atoms with Gasteiger partial charge in [-0.15, -0.1) is 0 Å². The van der Waals surface area contributed by atoms with Gasteiger partial charge in [-0.3, -0.25) is 0 Å². The fourth-order valence-electron chi connectivity index (χ4n) is 12.1. The maximum Gasteiger partial charge on any atom is 0.0691 e. The molecule has 3 aliphatic carbocycles. The Kier molecular flexibility index (Phi) is 7.40. The topological polar surface area (TPSA) is 9.86 Å². The highest BCUT2D eigenvalue weighted by Gasteiger charge is 2.54. The average Bonchev–Trinajstić information content (AvgIpc) is 4.05. The van der Waals surface area contributed by atoms with Crippen LogP contribution in [0, 0.1) is 5.92 Å². The number of nitrogens with zero attached hydrogens (tertiary/aromatic N) is 2. The van der Waals surface area contributed by atoms with E-state index in [0.717, 1.165) is 6.42 Å². The molecule has 11 aromatic rings. The lowest BCUT2D eigenvalue weighted by Crippen LogP contribution is -2.30. The second kappa shape index (κ2) is 13.3. The molecular weight excluding hydrogens is 773 g/mol. The van der Waals surface area contributed by atoms with Crippen molar-refractivity contribution >= 4 is 49.2 Å². The molecule has 3 aliphatic rings. The van der Waals surface area contributed by atoms with Crippen molar-refractivity contribution in [3.8, 4) is 44.8 Å². The van der Waals surface area contributed by atoms with Crippen LogP contribution in [0.25, 0.3) is 93.9 Å². The predicted molar refractivity (Wildman–Crippen MR) is 268 cm³/mol. The third-order valence-electron chi connectivity index (χ3n) is 14.8. The second-order valence-corrected chi connectivity index (χ2v) is 18.0. The molecule has 0 aliphatic heterocycles. The Balaban J connectivity index is 0.936. The highest BCUT2D eigenvalue weighted by atomic mass is 15.0. The van der Waals surface area contributed by atoms with Crippen LogP contribution in [-0.2, 0) is 5.41 Å². The van der Waals surface area contributed by atoms with Gasteiger partial charge in [-0.05, 0) is 146 Å². The second-order valence-electron chi connectivity index (χ2n) is 18.0. The summed E-state index contributed by atoms with van der Waals surface area (Å²) in [5, 5.41) is 5.08. The maximum absolute atomic E-state index is 2.57. The minimum absolute atomic E-state index is 0.343. The van der Waals surface area contributed by atoms with Crippen LogP contribution >= 0.6 is 0 Å². The third-order valence-corrected chi connectivity index (χ3v) is 14.8. The fraction of sp³-hybridized carbons (Fsp3) is 0.0645. The van der Waals surface area contributed by atoms with Gasteiger partial charge >= 0.3 is 0 Å². The molecule has 9 aromatic carbocycles. The van der Waals surface area contributed by atoms with Crippen molar-refractivity contribution in [3.63, 3.8) is 0 Å². The molecule has 2 nitrogen and oxygen atoms in total. The summed E-state index contributed by atoms with van der Waals surface area (Å²) in [6.45, 7) is 2.44. The monoisotopic (exact) mass is 814 g/mol. The number of hydrogen-bond acceptors (Lipinski definition) is 0. The van der Waals surface area contributed by atoms with Crippen LogP contribution in [-0.4, -0.2) is 9.13 Å². The minimum Gasteiger partial charge on any atom is -0.309 e. The zero-order valence-corrected chi connectivity index (χ0v) is 35.5. The van der Waals surface area contributed by atoms with Gasteiger partial charge in [0.15, 0.2) is 0 Å². The van der Waals surface area contributed by atoms with Crippen LogP contribution in [0.4, 0.5) is 0 Å². The summed E-state index contributed by atoms with van der Waals surface area (Å²) in [5.74, 6) is 0.417. The van der Waals surface area contributed by atoms with E-state index >= 15 is 0 Å². The van der Waals surface area contributed by atoms with E-state index in [1.54, 1.807) is 5.57 Å². The number of fused-ring (bicyclic) bond motifs is 15. The molecule has 0 N–H and O–H groups in total. The standard InChI is InChI=1S/C62H42N2/c1-39-15-14-23-49-46-20-8-11-24-54(46)62(61(39)49)55-25-12-9-21-47(55)50-37-53-52-36-43(32-34-59(52)64(60(53)38-56(50)62)45-18-6-3-7-19-45)41-29-27-40(28-30-41)42-31-33-58-51(35-42)48-22-10-13-26-57(48)63(58)44-16-4-2-5-17-44/h2-14,16-39H,15H2,1H3. The van der Waals surface area contributed by atoms with Crippen molar-refractivity contribution < 1.29 is 0 Å². The Labute approximate surface area is 372 Å². The summed E-state index contributed by atoms with van der Waals surface area (Å²) >= 11 is 0. The lowest BCUT2D eigenvalue weighted by Gasteiger charge is -2.36. The molecule has 0 saturated carbocycles. The highest BCUT2D eigenvalue weighted by molar-refractivity contribution is 6.14. The predicted octanol–water partition coefficient (Wildman–Crippen LogP) is 15.9. The van der Waals surface area contributed by atoms with E-state index < -0.39 is 0 Å². The Hall–Kier alpha value is -7.94. The van der Waals surface area contributed by atoms with Gasteiger partial charge in [0.1, 0.15) is 0 Å². The number of allylic oxidation sites excluding steroid dienone is 4. The molecule has 300 valence electrons. The largest absolute Gasteiger partial charge is 0.309 e. The molecule has 0 radical (unpaired) electrons. The van der Waals surface area contributed by atoms with Crippen LogP contribution in [0.2, 0.25) is 0 Å². The zero-order chi connectivity index (χ0) is 42.1. The van der Waals surface area contributed by atoms with Crippen LogP contribution < -0.4 is 0 Å². The Bertz CT molecular complexity index is 3800. The molecule has 64 heavy (non-hydrogen) atoms. The van der Waals surface area contributed by atoms with Gasteiger partial charge in [0, 0.05) is 32.9 Å². The summed E-state index contributed by atoms with van der Waals surface area (Å²) < 4.78 is 4.88. The van der Waals surface area contributed by atoms with E-state index in [9.17, 15) is 0 Å². The first-order valence-electron chi connectivity index (χ1n) is 22.7. The third kappa shape index (κ3) is 4.75. The quantitative estimate of drug-likeness (QED) is 0.167. The minimum atomic E-state index is -0.343. The van der Waals surface area contributed by atoms with E-state index in [1.165, 1.54) is 116 Å².